The Morgan fingerprint density at radius 3 is 2.42 bits per heavy atom. The van der Waals surface area contributed by atoms with E-state index < -0.39 is 16.1 Å². The zero-order valence-electron chi connectivity index (χ0n) is 20.8. The normalized spacial score (nSPS) is 14.6. The average Bonchev–Trinajstić information content (AvgIpc) is 3.10. The molecule has 4 rings (SSSR count). The Morgan fingerprint density at radius 2 is 1.69 bits per heavy atom. The number of rotatable bonds is 11. The molecule has 0 bridgehead atoms. The van der Waals surface area contributed by atoms with Crippen molar-refractivity contribution in [2.45, 2.75) is 57.0 Å². The van der Waals surface area contributed by atoms with Crippen molar-refractivity contribution < 1.29 is 18.0 Å². The smallest absolute Gasteiger partial charge is 0.265 e. The zero-order valence-corrected chi connectivity index (χ0v) is 21.6. The highest BCUT2D eigenvalue weighted by atomic mass is 32.2. The number of sulfonamides is 1. The third-order valence-electron chi connectivity index (χ3n) is 6.63. The second kappa shape index (κ2) is 11.1. The third kappa shape index (κ3) is 5.23. The minimum atomic E-state index is -3.66. The molecule has 1 aliphatic heterocycles. The van der Waals surface area contributed by atoms with Gasteiger partial charge < -0.3 is 10.2 Å². The molecule has 36 heavy (non-hydrogen) atoms. The highest BCUT2D eigenvalue weighted by molar-refractivity contribution is 7.93. The van der Waals surface area contributed by atoms with E-state index in [0.717, 1.165) is 29.2 Å². The first-order valence-corrected chi connectivity index (χ1v) is 13.9. The van der Waals surface area contributed by atoms with Crippen molar-refractivity contribution in [2.75, 3.05) is 17.4 Å². The molecular weight excluding hydrogens is 474 g/mol. The van der Waals surface area contributed by atoms with Gasteiger partial charge in [-0.3, -0.25) is 13.9 Å². The van der Waals surface area contributed by atoms with Gasteiger partial charge in [0.2, 0.25) is 11.8 Å². The SMILES string of the molecule is CCCCNC(=O)[C@@H](C)N(Cc1ccccc1)C(=O)CCCN1c2cccc3cccc(c23)S1(=O)=O. The molecule has 190 valence electrons. The monoisotopic (exact) mass is 507 g/mol. The van der Waals surface area contributed by atoms with Gasteiger partial charge in [0.05, 0.1) is 10.6 Å². The van der Waals surface area contributed by atoms with Crippen molar-refractivity contribution in [1.29, 1.82) is 0 Å². The maximum atomic E-state index is 13.3. The molecule has 1 aliphatic rings. The van der Waals surface area contributed by atoms with E-state index in [1.54, 1.807) is 24.0 Å². The standard InChI is InChI=1S/C28H33N3O4S/c1-3-4-18-29-28(33)21(2)30(20-22-11-6-5-7-12-22)26(32)17-10-19-31-24-15-8-13-23-14-9-16-25(27(23)24)36(31,34)35/h5-9,11-16,21H,3-4,10,17-20H2,1-2H3,(H,29,33)/t21-/m1/s1. The summed E-state index contributed by atoms with van der Waals surface area (Å²) in [5.74, 6) is -0.360. The van der Waals surface area contributed by atoms with Crippen LogP contribution < -0.4 is 9.62 Å². The topological polar surface area (TPSA) is 86.8 Å². The van der Waals surface area contributed by atoms with Gasteiger partial charge in [0.25, 0.3) is 10.0 Å². The molecule has 8 heteroatoms. The second-order valence-corrected chi connectivity index (χ2v) is 11.0. The number of hydrogen-bond donors (Lipinski definition) is 1. The van der Waals surface area contributed by atoms with E-state index >= 15 is 0 Å². The number of amides is 2. The lowest BCUT2D eigenvalue weighted by Gasteiger charge is -2.29. The van der Waals surface area contributed by atoms with Crippen molar-refractivity contribution in [3.63, 3.8) is 0 Å². The lowest BCUT2D eigenvalue weighted by molar-refractivity contribution is -0.140. The van der Waals surface area contributed by atoms with Crippen LogP contribution in [0.1, 0.15) is 45.1 Å². The van der Waals surface area contributed by atoms with E-state index in [0.29, 0.717) is 30.1 Å². The summed E-state index contributed by atoms with van der Waals surface area (Å²) < 4.78 is 27.8. The first-order chi connectivity index (χ1) is 17.3. The van der Waals surface area contributed by atoms with E-state index in [1.165, 1.54) is 4.31 Å². The van der Waals surface area contributed by atoms with Crippen LogP contribution in [0.3, 0.4) is 0 Å². The Hall–Kier alpha value is -3.39. The Bertz CT molecular complexity index is 1340. The maximum Gasteiger partial charge on any atom is 0.265 e. The zero-order chi connectivity index (χ0) is 25.7. The largest absolute Gasteiger partial charge is 0.354 e. The number of carbonyl (C=O) groups excluding carboxylic acids is 2. The molecule has 1 N–H and O–H groups in total. The van der Waals surface area contributed by atoms with E-state index in [-0.39, 0.29) is 24.8 Å². The number of unbranched alkanes of at least 4 members (excludes halogenated alkanes) is 1. The van der Waals surface area contributed by atoms with Gasteiger partial charge in [-0.15, -0.1) is 0 Å². The molecule has 7 nitrogen and oxygen atoms in total. The maximum absolute atomic E-state index is 13.3. The van der Waals surface area contributed by atoms with Crippen LogP contribution in [0, 0.1) is 0 Å². The van der Waals surface area contributed by atoms with E-state index in [1.807, 2.05) is 54.6 Å². The molecule has 0 spiro atoms. The van der Waals surface area contributed by atoms with Crippen LogP contribution in [0.2, 0.25) is 0 Å². The van der Waals surface area contributed by atoms with Gasteiger partial charge in [0.15, 0.2) is 0 Å². The van der Waals surface area contributed by atoms with Gasteiger partial charge in [0, 0.05) is 31.4 Å². The molecule has 0 aromatic heterocycles. The predicted molar refractivity (Wildman–Crippen MR) is 142 cm³/mol. The summed E-state index contributed by atoms with van der Waals surface area (Å²) in [6, 6.07) is 19.8. The number of benzene rings is 3. The Morgan fingerprint density at radius 1 is 0.972 bits per heavy atom. The minimum absolute atomic E-state index is 0.137. The fourth-order valence-corrected chi connectivity index (χ4v) is 6.36. The minimum Gasteiger partial charge on any atom is -0.354 e. The molecule has 0 unspecified atom stereocenters. The van der Waals surface area contributed by atoms with E-state index in [2.05, 4.69) is 12.2 Å². The van der Waals surface area contributed by atoms with Crippen LogP contribution in [0.15, 0.2) is 71.6 Å². The molecule has 0 saturated heterocycles. The van der Waals surface area contributed by atoms with Crippen LogP contribution in [-0.2, 0) is 26.2 Å². The van der Waals surface area contributed by atoms with E-state index in [9.17, 15) is 18.0 Å². The molecule has 0 radical (unpaired) electrons. The average molecular weight is 508 g/mol. The molecule has 1 heterocycles. The van der Waals surface area contributed by atoms with Crippen molar-refractivity contribution in [3.05, 3.63) is 72.3 Å². The van der Waals surface area contributed by atoms with Gasteiger partial charge in [-0.1, -0.05) is 67.9 Å². The first-order valence-electron chi connectivity index (χ1n) is 12.5. The van der Waals surface area contributed by atoms with Crippen molar-refractivity contribution in [2.24, 2.45) is 0 Å². The van der Waals surface area contributed by atoms with Crippen LogP contribution in [-0.4, -0.2) is 44.3 Å². The van der Waals surface area contributed by atoms with E-state index in [4.69, 9.17) is 0 Å². The fourth-order valence-electron chi connectivity index (χ4n) is 4.62. The summed E-state index contributed by atoms with van der Waals surface area (Å²) in [7, 11) is -3.66. The van der Waals surface area contributed by atoms with Gasteiger partial charge in [-0.25, -0.2) is 8.42 Å². The molecule has 2 amide bonds. The third-order valence-corrected chi connectivity index (χ3v) is 8.48. The lowest BCUT2D eigenvalue weighted by atomic mass is 10.1. The van der Waals surface area contributed by atoms with Crippen molar-refractivity contribution >= 4 is 38.3 Å². The van der Waals surface area contributed by atoms with Gasteiger partial charge in [-0.2, -0.15) is 0 Å². The Kier molecular flexibility index (Phi) is 7.94. The van der Waals surface area contributed by atoms with Crippen molar-refractivity contribution in [3.8, 4) is 0 Å². The molecular formula is C28H33N3O4S. The van der Waals surface area contributed by atoms with Crippen LogP contribution in [0.25, 0.3) is 10.8 Å². The lowest BCUT2D eigenvalue weighted by Crippen LogP contribution is -2.47. The Labute approximate surface area is 213 Å². The van der Waals surface area contributed by atoms with Gasteiger partial charge in [-0.05, 0) is 42.8 Å². The molecule has 3 aromatic carbocycles. The van der Waals surface area contributed by atoms with Crippen LogP contribution in [0.4, 0.5) is 5.69 Å². The summed E-state index contributed by atoms with van der Waals surface area (Å²) >= 11 is 0. The fraction of sp³-hybridized carbons (Fsp3) is 0.357. The number of nitrogens with one attached hydrogen (secondary N) is 1. The van der Waals surface area contributed by atoms with Gasteiger partial charge in [0.1, 0.15) is 6.04 Å². The molecule has 0 saturated carbocycles. The summed E-state index contributed by atoms with van der Waals surface area (Å²) in [5.41, 5.74) is 1.59. The summed E-state index contributed by atoms with van der Waals surface area (Å²) in [4.78, 5) is 28.0. The van der Waals surface area contributed by atoms with Gasteiger partial charge >= 0.3 is 0 Å². The number of carbonyl (C=O) groups is 2. The van der Waals surface area contributed by atoms with Crippen LogP contribution >= 0.6 is 0 Å². The second-order valence-electron chi connectivity index (χ2n) is 9.14. The first kappa shape index (κ1) is 25.7. The molecule has 0 aliphatic carbocycles. The Balaban J connectivity index is 1.46. The van der Waals surface area contributed by atoms with Crippen molar-refractivity contribution in [1.82, 2.24) is 10.2 Å². The molecule has 0 fully saturated rings. The molecule has 3 aromatic rings. The highest BCUT2D eigenvalue weighted by Gasteiger charge is 2.35. The highest BCUT2D eigenvalue weighted by Crippen LogP contribution is 2.42. The number of anilines is 1. The number of nitrogens with zero attached hydrogens (tertiary/aromatic N) is 2. The molecule has 1 atom stereocenters. The number of hydrogen-bond acceptors (Lipinski definition) is 4. The van der Waals surface area contributed by atoms with Crippen LogP contribution in [0.5, 0.6) is 0 Å². The predicted octanol–water partition coefficient (Wildman–Crippen LogP) is 4.46. The summed E-state index contributed by atoms with van der Waals surface area (Å²) in [5, 5.41) is 4.53. The summed E-state index contributed by atoms with van der Waals surface area (Å²) in [6.07, 6.45) is 2.33. The summed E-state index contributed by atoms with van der Waals surface area (Å²) in [6.45, 7) is 4.88. The quantitative estimate of drug-likeness (QED) is 0.388.